The number of benzene rings is 2. The van der Waals surface area contributed by atoms with Gasteiger partial charge in [-0.2, -0.15) is 0 Å². The fourth-order valence-corrected chi connectivity index (χ4v) is 3.18. The predicted molar refractivity (Wildman–Crippen MR) is 95.4 cm³/mol. The molecule has 0 atom stereocenters. The molecule has 1 amide bonds. The third-order valence-electron chi connectivity index (χ3n) is 3.55. The Morgan fingerprint density at radius 1 is 1.08 bits per heavy atom. The van der Waals surface area contributed by atoms with Crippen LogP contribution in [0.25, 0.3) is 0 Å². The molecule has 0 aliphatic heterocycles. The molecular weight excluding hydrogens is 343 g/mol. The van der Waals surface area contributed by atoms with Gasteiger partial charge in [0.25, 0.3) is 15.9 Å². The molecule has 2 rings (SSSR count). The summed E-state index contributed by atoms with van der Waals surface area (Å²) in [6.07, 6.45) is 0.866. The second-order valence-corrected chi connectivity index (χ2v) is 7.73. The van der Waals surface area contributed by atoms with Crippen molar-refractivity contribution in [3.8, 4) is 0 Å². The first-order valence-corrected chi connectivity index (χ1v) is 9.43. The number of hydrogen-bond acceptors (Lipinski definition) is 3. The Bertz CT molecular complexity index is 834. The van der Waals surface area contributed by atoms with Gasteiger partial charge in [-0.25, -0.2) is 12.8 Å². The molecule has 0 aliphatic carbocycles. The second kappa shape index (κ2) is 8.11. The maximum Gasteiger partial charge on any atom is 0.261 e. The van der Waals surface area contributed by atoms with Crippen LogP contribution in [0.1, 0.15) is 30.6 Å². The van der Waals surface area contributed by atoms with Crippen LogP contribution >= 0.6 is 0 Å². The Morgan fingerprint density at radius 3 is 2.32 bits per heavy atom. The zero-order valence-corrected chi connectivity index (χ0v) is 14.9. The maximum atomic E-state index is 13.6. The molecule has 5 nitrogen and oxygen atoms in total. The van der Waals surface area contributed by atoms with Crippen LogP contribution < -0.4 is 10.0 Å². The van der Waals surface area contributed by atoms with Crippen molar-refractivity contribution < 1.29 is 17.6 Å². The van der Waals surface area contributed by atoms with Crippen molar-refractivity contribution in [2.75, 3.05) is 11.3 Å². The number of carbonyl (C=O) groups excluding carboxylic acids is 1. The van der Waals surface area contributed by atoms with Gasteiger partial charge in [-0.1, -0.05) is 26.0 Å². The van der Waals surface area contributed by atoms with Gasteiger partial charge in [-0.15, -0.1) is 0 Å². The monoisotopic (exact) mass is 364 g/mol. The lowest BCUT2D eigenvalue weighted by Gasteiger charge is -2.10. The SMILES string of the molecule is CC(C)CCNC(=O)c1ccc(S(=O)(=O)Nc2ccccc2F)cc1. The Balaban J connectivity index is 2.08. The van der Waals surface area contributed by atoms with Crippen molar-refractivity contribution in [2.45, 2.75) is 25.2 Å². The predicted octanol–water partition coefficient (Wildman–Crippen LogP) is 3.40. The minimum absolute atomic E-state index is 0.0468. The summed E-state index contributed by atoms with van der Waals surface area (Å²) < 4.78 is 40.4. The molecule has 0 radical (unpaired) electrons. The van der Waals surface area contributed by atoms with E-state index in [2.05, 4.69) is 23.9 Å². The summed E-state index contributed by atoms with van der Waals surface area (Å²) in [5, 5.41) is 2.78. The fraction of sp³-hybridized carbons (Fsp3) is 0.278. The average molecular weight is 364 g/mol. The standard InChI is InChI=1S/C18H21FN2O3S/c1-13(2)11-12-20-18(22)14-7-9-15(10-8-14)25(23,24)21-17-6-4-3-5-16(17)19/h3-10,13,21H,11-12H2,1-2H3,(H,20,22). The quantitative estimate of drug-likeness (QED) is 0.791. The van der Waals surface area contributed by atoms with E-state index in [0.717, 1.165) is 6.42 Å². The van der Waals surface area contributed by atoms with Gasteiger partial charge in [0.05, 0.1) is 10.6 Å². The van der Waals surface area contributed by atoms with Crippen molar-refractivity contribution in [2.24, 2.45) is 5.92 Å². The van der Waals surface area contributed by atoms with Gasteiger partial charge < -0.3 is 5.32 Å². The first-order valence-electron chi connectivity index (χ1n) is 7.95. The van der Waals surface area contributed by atoms with E-state index in [0.29, 0.717) is 18.0 Å². The van der Waals surface area contributed by atoms with Crippen LogP contribution in [0.2, 0.25) is 0 Å². The first-order chi connectivity index (χ1) is 11.8. The van der Waals surface area contributed by atoms with Crippen LogP contribution in [0.15, 0.2) is 53.4 Å². The van der Waals surface area contributed by atoms with E-state index in [-0.39, 0.29) is 16.5 Å². The highest BCUT2D eigenvalue weighted by Crippen LogP contribution is 2.19. The molecule has 0 saturated carbocycles. The van der Waals surface area contributed by atoms with Gasteiger partial charge in [-0.05, 0) is 48.7 Å². The third-order valence-corrected chi connectivity index (χ3v) is 4.93. The minimum atomic E-state index is -3.93. The van der Waals surface area contributed by atoms with Gasteiger partial charge in [0, 0.05) is 12.1 Å². The van der Waals surface area contributed by atoms with E-state index in [1.54, 1.807) is 0 Å². The molecule has 7 heteroatoms. The van der Waals surface area contributed by atoms with Crippen molar-refractivity contribution in [3.63, 3.8) is 0 Å². The zero-order chi connectivity index (χ0) is 18.4. The number of hydrogen-bond donors (Lipinski definition) is 2. The molecule has 134 valence electrons. The van der Waals surface area contributed by atoms with Crippen molar-refractivity contribution >= 4 is 21.6 Å². The summed E-state index contributed by atoms with van der Waals surface area (Å²) >= 11 is 0. The lowest BCUT2D eigenvalue weighted by molar-refractivity contribution is 0.0952. The number of carbonyl (C=O) groups is 1. The van der Waals surface area contributed by atoms with Crippen LogP contribution in [0.4, 0.5) is 10.1 Å². The summed E-state index contributed by atoms with van der Waals surface area (Å²) in [6, 6.07) is 11.0. The lowest BCUT2D eigenvalue weighted by atomic mass is 10.1. The molecule has 25 heavy (non-hydrogen) atoms. The van der Waals surface area contributed by atoms with Crippen LogP contribution in [0.5, 0.6) is 0 Å². The van der Waals surface area contributed by atoms with Crippen LogP contribution in [-0.4, -0.2) is 20.9 Å². The number of nitrogens with one attached hydrogen (secondary N) is 2. The van der Waals surface area contributed by atoms with Gasteiger partial charge in [0.1, 0.15) is 5.82 Å². The largest absolute Gasteiger partial charge is 0.352 e. The first kappa shape index (κ1) is 18.9. The third kappa shape index (κ3) is 5.29. The topological polar surface area (TPSA) is 75.3 Å². The molecule has 0 aliphatic rings. The van der Waals surface area contributed by atoms with E-state index >= 15 is 0 Å². The summed E-state index contributed by atoms with van der Waals surface area (Å²) in [5.74, 6) is -0.434. The molecule has 0 heterocycles. The Labute approximate surface area is 147 Å². The number of amides is 1. The van der Waals surface area contributed by atoms with Crippen molar-refractivity contribution in [3.05, 3.63) is 59.9 Å². The molecule has 2 N–H and O–H groups in total. The zero-order valence-electron chi connectivity index (χ0n) is 14.1. The Kier molecular flexibility index (Phi) is 6.14. The molecule has 2 aromatic carbocycles. The summed E-state index contributed by atoms with van der Waals surface area (Å²) in [6.45, 7) is 4.69. The van der Waals surface area contributed by atoms with Crippen LogP contribution in [0.3, 0.4) is 0 Å². The highest BCUT2D eigenvalue weighted by atomic mass is 32.2. The molecular formula is C18H21FN2O3S. The number of halogens is 1. The highest BCUT2D eigenvalue weighted by molar-refractivity contribution is 7.92. The van der Waals surface area contributed by atoms with Gasteiger partial charge >= 0.3 is 0 Å². The van der Waals surface area contributed by atoms with E-state index < -0.39 is 15.8 Å². The molecule has 0 unspecified atom stereocenters. The van der Waals surface area contributed by atoms with E-state index in [4.69, 9.17) is 0 Å². The van der Waals surface area contributed by atoms with E-state index in [9.17, 15) is 17.6 Å². The summed E-state index contributed by atoms with van der Waals surface area (Å²) in [5.41, 5.74) is 0.242. The van der Waals surface area contributed by atoms with E-state index in [1.807, 2.05) is 0 Å². The van der Waals surface area contributed by atoms with Gasteiger partial charge in [-0.3, -0.25) is 9.52 Å². The fourth-order valence-electron chi connectivity index (χ4n) is 2.11. The smallest absolute Gasteiger partial charge is 0.261 e. The molecule has 0 fully saturated rings. The minimum Gasteiger partial charge on any atom is -0.352 e. The molecule has 0 bridgehead atoms. The Morgan fingerprint density at radius 2 is 1.72 bits per heavy atom. The normalized spacial score (nSPS) is 11.4. The molecule has 0 aromatic heterocycles. The maximum absolute atomic E-state index is 13.6. The number of rotatable bonds is 7. The number of sulfonamides is 1. The molecule has 0 saturated heterocycles. The second-order valence-electron chi connectivity index (χ2n) is 6.05. The Hall–Kier alpha value is -2.41. The van der Waals surface area contributed by atoms with E-state index in [1.165, 1.54) is 48.5 Å². The van der Waals surface area contributed by atoms with Crippen LogP contribution in [-0.2, 0) is 10.0 Å². The van der Waals surface area contributed by atoms with Crippen molar-refractivity contribution in [1.82, 2.24) is 5.32 Å². The number of para-hydroxylation sites is 1. The molecule has 2 aromatic rings. The molecule has 0 spiro atoms. The lowest BCUT2D eigenvalue weighted by Crippen LogP contribution is -2.25. The summed E-state index contributed by atoms with van der Waals surface area (Å²) in [4.78, 5) is 12.0. The van der Waals surface area contributed by atoms with Crippen molar-refractivity contribution in [1.29, 1.82) is 0 Å². The van der Waals surface area contributed by atoms with Gasteiger partial charge in [0.15, 0.2) is 0 Å². The number of anilines is 1. The average Bonchev–Trinajstić information content (AvgIpc) is 2.56. The highest BCUT2D eigenvalue weighted by Gasteiger charge is 2.16. The summed E-state index contributed by atoms with van der Waals surface area (Å²) in [7, 11) is -3.93. The van der Waals surface area contributed by atoms with Crippen LogP contribution in [0, 0.1) is 11.7 Å². The van der Waals surface area contributed by atoms with Gasteiger partial charge in [0.2, 0.25) is 0 Å².